The number of piperazine rings is 1. The Morgan fingerprint density at radius 3 is 2.45 bits per heavy atom. The van der Waals surface area contributed by atoms with Crippen LogP contribution in [0.4, 0.5) is 0 Å². The molecule has 1 aromatic rings. The Morgan fingerprint density at radius 2 is 1.85 bits per heavy atom. The molecule has 0 bridgehead atoms. The molecule has 0 aliphatic carbocycles. The van der Waals surface area contributed by atoms with Crippen molar-refractivity contribution in [2.45, 2.75) is 32.5 Å². The van der Waals surface area contributed by atoms with Crippen LogP contribution < -0.4 is 5.32 Å². The highest BCUT2D eigenvalue weighted by Gasteiger charge is 2.28. The van der Waals surface area contributed by atoms with Crippen LogP contribution in [0, 0.1) is 0 Å². The minimum absolute atomic E-state index is 0.0349. The largest absolute Gasteiger partial charge is 0.462 e. The third-order valence-electron chi connectivity index (χ3n) is 4.09. The third kappa shape index (κ3) is 4.06. The van der Waals surface area contributed by atoms with E-state index >= 15 is 0 Å². The number of furan rings is 1. The van der Waals surface area contributed by atoms with Crippen molar-refractivity contribution in [1.82, 2.24) is 15.1 Å². The Bertz CT molecular complexity index is 409. The van der Waals surface area contributed by atoms with E-state index in [2.05, 4.69) is 36.0 Å². The van der Waals surface area contributed by atoms with Gasteiger partial charge in [0.05, 0.1) is 6.54 Å². The Hall–Kier alpha value is -0.880. The van der Waals surface area contributed by atoms with Crippen LogP contribution in [0.1, 0.15) is 25.4 Å². The molecule has 1 aliphatic heterocycles. The van der Waals surface area contributed by atoms with E-state index in [-0.39, 0.29) is 12.1 Å². The molecule has 0 spiro atoms. The molecule has 1 aliphatic rings. The van der Waals surface area contributed by atoms with Gasteiger partial charge in [-0.2, -0.15) is 0 Å². The Morgan fingerprint density at radius 1 is 1.20 bits per heavy atom. The second-order valence-corrected chi connectivity index (χ2v) is 6.23. The number of rotatable bonds is 6. The van der Waals surface area contributed by atoms with Gasteiger partial charge >= 0.3 is 0 Å². The lowest BCUT2D eigenvalue weighted by atomic mass is 10.0. The van der Waals surface area contributed by atoms with Gasteiger partial charge in [-0.25, -0.2) is 0 Å². The molecule has 0 aromatic carbocycles. The van der Waals surface area contributed by atoms with Gasteiger partial charge in [-0.15, -0.1) is 0 Å². The van der Waals surface area contributed by atoms with Gasteiger partial charge in [0.25, 0.3) is 0 Å². The van der Waals surface area contributed by atoms with Crippen molar-refractivity contribution >= 4 is 0 Å². The van der Waals surface area contributed by atoms with Gasteiger partial charge in [-0.1, -0.05) is 0 Å². The minimum Gasteiger partial charge on any atom is -0.462 e. The molecule has 2 N–H and O–H groups in total. The molecule has 1 saturated heterocycles. The lowest BCUT2D eigenvalue weighted by Gasteiger charge is -2.43. The van der Waals surface area contributed by atoms with Gasteiger partial charge in [0, 0.05) is 38.3 Å². The fraction of sp³-hybridized carbons (Fsp3) is 0.733. The first-order valence-corrected chi connectivity index (χ1v) is 7.34. The maximum atomic E-state index is 8.97. The smallest absolute Gasteiger partial charge is 0.129 e. The van der Waals surface area contributed by atoms with Crippen LogP contribution in [0.5, 0.6) is 0 Å². The van der Waals surface area contributed by atoms with E-state index in [9.17, 15) is 0 Å². The SMILES string of the molecule is CN1CCN(C(C)(C)CNCc2ccc(CO)o2)CC1. The molecule has 5 nitrogen and oxygen atoms in total. The molecular weight excluding hydrogens is 254 g/mol. The monoisotopic (exact) mass is 281 g/mol. The van der Waals surface area contributed by atoms with Gasteiger partial charge in [0.1, 0.15) is 18.1 Å². The van der Waals surface area contributed by atoms with Crippen LogP contribution in [-0.2, 0) is 13.2 Å². The summed E-state index contributed by atoms with van der Waals surface area (Å²) in [6, 6.07) is 3.74. The maximum absolute atomic E-state index is 8.97. The molecule has 1 aromatic heterocycles. The molecule has 0 amide bonds. The van der Waals surface area contributed by atoms with Gasteiger partial charge in [-0.05, 0) is 33.0 Å². The molecule has 0 radical (unpaired) electrons. The van der Waals surface area contributed by atoms with Crippen LogP contribution in [0.25, 0.3) is 0 Å². The van der Waals surface area contributed by atoms with Crippen LogP contribution >= 0.6 is 0 Å². The second kappa shape index (κ2) is 6.72. The van der Waals surface area contributed by atoms with E-state index in [0.717, 1.165) is 38.5 Å². The number of nitrogens with zero attached hydrogens (tertiary/aromatic N) is 2. The molecule has 2 rings (SSSR count). The van der Waals surface area contributed by atoms with Crippen molar-refractivity contribution in [3.05, 3.63) is 23.7 Å². The van der Waals surface area contributed by atoms with Gasteiger partial charge in [0.2, 0.25) is 0 Å². The summed E-state index contributed by atoms with van der Waals surface area (Å²) in [5.74, 6) is 1.50. The molecule has 5 heteroatoms. The fourth-order valence-corrected chi connectivity index (χ4v) is 2.62. The van der Waals surface area contributed by atoms with E-state index in [1.165, 1.54) is 0 Å². The van der Waals surface area contributed by atoms with Crippen molar-refractivity contribution in [3.63, 3.8) is 0 Å². The van der Waals surface area contributed by atoms with Crippen molar-refractivity contribution in [1.29, 1.82) is 0 Å². The Labute approximate surface area is 121 Å². The first kappa shape index (κ1) is 15.5. The zero-order valence-electron chi connectivity index (χ0n) is 12.9. The number of likely N-dealkylation sites (N-methyl/N-ethyl adjacent to an activating group) is 1. The molecule has 1 fully saturated rings. The third-order valence-corrected chi connectivity index (χ3v) is 4.09. The highest BCUT2D eigenvalue weighted by molar-refractivity contribution is 5.06. The van der Waals surface area contributed by atoms with Gasteiger partial charge < -0.3 is 19.7 Å². The molecule has 2 heterocycles. The number of aliphatic hydroxyl groups is 1. The van der Waals surface area contributed by atoms with E-state index in [1.807, 2.05) is 12.1 Å². The Balaban J connectivity index is 1.77. The molecular formula is C15H27N3O2. The summed E-state index contributed by atoms with van der Waals surface area (Å²) in [6.45, 7) is 10.7. The average Bonchev–Trinajstić information content (AvgIpc) is 2.87. The summed E-state index contributed by atoms with van der Waals surface area (Å²) in [7, 11) is 2.18. The summed E-state index contributed by atoms with van der Waals surface area (Å²) in [5, 5.41) is 12.4. The highest BCUT2D eigenvalue weighted by atomic mass is 16.4. The summed E-state index contributed by atoms with van der Waals surface area (Å²) in [5.41, 5.74) is 0.146. The van der Waals surface area contributed by atoms with Crippen LogP contribution in [0.2, 0.25) is 0 Å². The summed E-state index contributed by atoms with van der Waals surface area (Å²) < 4.78 is 5.47. The number of aliphatic hydroxyl groups excluding tert-OH is 1. The molecule has 0 atom stereocenters. The van der Waals surface area contributed by atoms with E-state index in [4.69, 9.17) is 9.52 Å². The van der Waals surface area contributed by atoms with Gasteiger partial charge in [-0.3, -0.25) is 4.90 Å². The van der Waals surface area contributed by atoms with Crippen LogP contribution in [0.15, 0.2) is 16.5 Å². The highest BCUT2D eigenvalue weighted by Crippen LogP contribution is 2.16. The number of hydrogen-bond donors (Lipinski definition) is 2. The predicted octanol–water partition coefficient (Wildman–Crippen LogP) is 0.887. The topological polar surface area (TPSA) is 51.9 Å². The first-order chi connectivity index (χ1) is 9.51. The number of nitrogens with one attached hydrogen (secondary N) is 1. The zero-order valence-corrected chi connectivity index (χ0v) is 12.9. The summed E-state index contributed by atoms with van der Waals surface area (Å²) >= 11 is 0. The standard InChI is InChI=1S/C15H27N3O2/c1-15(2,18-8-6-17(3)7-9-18)12-16-10-13-4-5-14(11-19)20-13/h4-5,16,19H,6-12H2,1-3H3. The fourth-order valence-electron chi connectivity index (χ4n) is 2.62. The molecule has 0 saturated carbocycles. The second-order valence-electron chi connectivity index (χ2n) is 6.23. The summed E-state index contributed by atoms with van der Waals surface area (Å²) in [4.78, 5) is 4.92. The van der Waals surface area contributed by atoms with Crippen molar-refractivity contribution in [2.24, 2.45) is 0 Å². The quantitative estimate of drug-likeness (QED) is 0.811. The van der Waals surface area contributed by atoms with Crippen LogP contribution in [0.3, 0.4) is 0 Å². The van der Waals surface area contributed by atoms with Crippen LogP contribution in [-0.4, -0.2) is 60.2 Å². The zero-order chi connectivity index (χ0) is 14.6. The average molecular weight is 281 g/mol. The first-order valence-electron chi connectivity index (χ1n) is 7.34. The lowest BCUT2D eigenvalue weighted by molar-refractivity contribution is 0.0615. The Kier molecular flexibility index (Phi) is 5.21. The number of hydrogen-bond acceptors (Lipinski definition) is 5. The summed E-state index contributed by atoms with van der Waals surface area (Å²) in [6.07, 6.45) is 0. The molecule has 0 unspecified atom stereocenters. The maximum Gasteiger partial charge on any atom is 0.129 e. The normalized spacial score (nSPS) is 18.6. The van der Waals surface area contributed by atoms with Crippen molar-refractivity contribution in [2.75, 3.05) is 39.8 Å². The predicted molar refractivity (Wildman–Crippen MR) is 79.5 cm³/mol. The lowest BCUT2D eigenvalue weighted by Crippen LogP contribution is -2.57. The van der Waals surface area contributed by atoms with Gasteiger partial charge in [0.15, 0.2) is 0 Å². The van der Waals surface area contributed by atoms with E-state index < -0.39 is 0 Å². The van der Waals surface area contributed by atoms with Crippen molar-refractivity contribution in [3.8, 4) is 0 Å². The molecule has 20 heavy (non-hydrogen) atoms. The van der Waals surface area contributed by atoms with E-state index in [1.54, 1.807) is 0 Å². The van der Waals surface area contributed by atoms with E-state index in [0.29, 0.717) is 12.3 Å². The van der Waals surface area contributed by atoms with Crippen molar-refractivity contribution < 1.29 is 9.52 Å². The molecule has 114 valence electrons. The minimum atomic E-state index is -0.0349.